The lowest BCUT2D eigenvalue weighted by molar-refractivity contribution is 0.0658. The van der Waals surface area contributed by atoms with Crippen molar-refractivity contribution in [2.75, 3.05) is 0 Å². The molecular weight excluding hydrogens is 424 g/mol. The van der Waals surface area contributed by atoms with Crippen LogP contribution in [-0.2, 0) is 12.0 Å². The monoisotopic (exact) mass is 448 g/mol. The molecule has 0 atom stereocenters. The number of carbonyl (C=O) groups is 1. The van der Waals surface area contributed by atoms with E-state index in [4.69, 9.17) is 23.4 Å². The summed E-state index contributed by atoms with van der Waals surface area (Å²) < 4.78 is 22.6. The quantitative estimate of drug-likeness (QED) is 0.383. The zero-order valence-electron chi connectivity index (χ0n) is 18.8. The van der Waals surface area contributed by atoms with Crippen LogP contribution in [0.5, 0.6) is 17.2 Å². The zero-order chi connectivity index (χ0) is 23.8. The van der Waals surface area contributed by atoms with Crippen molar-refractivity contribution in [1.29, 1.82) is 0 Å². The van der Waals surface area contributed by atoms with Gasteiger partial charge in [0, 0.05) is 11.6 Å². The molecule has 2 aromatic heterocycles. The van der Waals surface area contributed by atoms with Gasteiger partial charge in [-0.2, -0.15) is 0 Å². The number of carboxylic acid groups (broad SMARTS) is 1. The van der Waals surface area contributed by atoms with Gasteiger partial charge in [0.15, 0.2) is 0 Å². The summed E-state index contributed by atoms with van der Waals surface area (Å²) in [7, 11) is 0. The number of furan rings is 1. The van der Waals surface area contributed by atoms with E-state index in [2.05, 4.69) is 20.8 Å². The molecule has 0 fully saturated rings. The van der Waals surface area contributed by atoms with E-state index in [1.807, 2.05) is 25.1 Å². The molecule has 33 heavy (non-hydrogen) atoms. The fourth-order valence-corrected chi connectivity index (χ4v) is 3.46. The van der Waals surface area contributed by atoms with Crippen LogP contribution >= 0.6 is 0 Å². The van der Waals surface area contributed by atoms with Gasteiger partial charge in [0.1, 0.15) is 35.7 Å². The lowest BCUT2D eigenvalue weighted by Crippen LogP contribution is -2.14. The van der Waals surface area contributed by atoms with Crippen LogP contribution in [0.1, 0.15) is 48.2 Å². The first-order valence-electron chi connectivity index (χ1n) is 10.4. The van der Waals surface area contributed by atoms with Crippen molar-refractivity contribution in [3.8, 4) is 17.2 Å². The third-order valence-corrected chi connectivity index (χ3v) is 5.20. The number of ether oxygens (including phenoxy) is 2. The fraction of sp³-hybridized carbons (Fsp3) is 0.231. The molecule has 0 spiro atoms. The molecule has 0 amide bonds. The Balaban J connectivity index is 1.59. The molecule has 0 saturated carbocycles. The maximum Gasteiger partial charge on any atom is 0.371 e. The van der Waals surface area contributed by atoms with Gasteiger partial charge < -0.3 is 23.4 Å². The first kappa shape index (κ1) is 22.2. The average Bonchev–Trinajstić information content (AvgIpc) is 3.24. The zero-order valence-corrected chi connectivity index (χ0v) is 18.8. The van der Waals surface area contributed by atoms with Crippen molar-refractivity contribution in [3.05, 3.63) is 87.7 Å². The molecule has 0 aliphatic heterocycles. The first-order valence-corrected chi connectivity index (χ1v) is 10.4. The maximum absolute atomic E-state index is 13.1. The normalized spacial score (nSPS) is 11.5. The van der Waals surface area contributed by atoms with Crippen LogP contribution in [-0.4, -0.2) is 11.1 Å². The van der Waals surface area contributed by atoms with Crippen molar-refractivity contribution < 1.29 is 28.2 Å². The summed E-state index contributed by atoms with van der Waals surface area (Å²) in [6, 6.07) is 13.6. The molecule has 1 N–H and O–H groups in total. The first-order chi connectivity index (χ1) is 15.6. The van der Waals surface area contributed by atoms with Crippen molar-refractivity contribution in [1.82, 2.24) is 0 Å². The summed E-state index contributed by atoms with van der Waals surface area (Å²) in [5.41, 5.74) is 1.81. The Bertz CT molecular complexity index is 1390. The Morgan fingerprint density at radius 3 is 2.58 bits per heavy atom. The molecule has 0 aliphatic carbocycles. The highest BCUT2D eigenvalue weighted by Crippen LogP contribution is 2.36. The standard InChI is InChI=1S/C26H24O7/c1-15-6-5-7-19(26(2,3)4)24(15)33-22-14-31-21-12-16(8-10-18(21)23(22)27)30-13-17-9-11-20(32-17)25(28)29/h5-12,14H,13H2,1-4H3,(H,28,29). The predicted molar refractivity (Wildman–Crippen MR) is 122 cm³/mol. The highest BCUT2D eigenvalue weighted by molar-refractivity contribution is 5.84. The van der Waals surface area contributed by atoms with E-state index in [0.29, 0.717) is 28.2 Å². The molecule has 2 heterocycles. The lowest BCUT2D eigenvalue weighted by Gasteiger charge is -2.23. The Labute approximate surface area is 190 Å². The van der Waals surface area contributed by atoms with E-state index in [9.17, 15) is 9.59 Å². The van der Waals surface area contributed by atoms with Gasteiger partial charge >= 0.3 is 5.97 Å². The van der Waals surface area contributed by atoms with Crippen LogP contribution in [0.4, 0.5) is 0 Å². The van der Waals surface area contributed by atoms with Gasteiger partial charge in [0.25, 0.3) is 0 Å². The maximum atomic E-state index is 13.1. The molecule has 4 aromatic rings. The molecule has 7 nitrogen and oxygen atoms in total. The van der Waals surface area contributed by atoms with Gasteiger partial charge in [-0.15, -0.1) is 0 Å². The number of carboxylic acids is 1. The van der Waals surface area contributed by atoms with Crippen molar-refractivity contribution in [2.24, 2.45) is 0 Å². The Morgan fingerprint density at radius 1 is 1.09 bits per heavy atom. The van der Waals surface area contributed by atoms with Gasteiger partial charge in [-0.25, -0.2) is 4.79 Å². The minimum atomic E-state index is -1.15. The Morgan fingerprint density at radius 2 is 1.88 bits per heavy atom. The van der Waals surface area contributed by atoms with E-state index in [-0.39, 0.29) is 29.0 Å². The summed E-state index contributed by atoms with van der Waals surface area (Å²) in [5, 5.41) is 9.28. The SMILES string of the molecule is Cc1cccc(C(C)(C)C)c1Oc1coc2cc(OCc3ccc(C(=O)O)o3)ccc2c1=O. The Kier molecular flexibility index (Phi) is 5.72. The number of rotatable bonds is 6. The molecular formula is C26H24O7. The molecule has 170 valence electrons. The Hall–Kier alpha value is -4.00. The minimum Gasteiger partial charge on any atom is -0.486 e. The van der Waals surface area contributed by atoms with E-state index in [0.717, 1.165) is 11.1 Å². The van der Waals surface area contributed by atoms with Gasteiger partial charge in [-0.3, -0.25) is 4.79 Å². The number of benzene rings is 2. The van der Waals surface area contributed by atoms with Crippen molar-refractivity contribution in [2.45, 2.75) is 39.7 Å². The summed E-state index contributed by atoms with van der Waals surface area (Å²) in [5.74, 6) is 0.261. The molecule has 0 unspecified atom stereocenters. The number of aryl methyl sites for hydroxylation is 1. The highest BCUT2D eigenvalue weighted by atomic mass is 16.5. The number of fused-ring (bicyclic) bond motifs is 1. The van der Waals surface area contributed by atoms with Crippen molar-refractivity contribution >= 4 is 16.9 Å². The minimum absolute atomic E-state index is 0.0348. The molecule has 2 aromatic carbocycles. The molecule has 4 rings (SSSR count). The summed E-state index contributed by atoms with van der Waals surface area (Å²) in [4.78, 5) is 24.0. The number of para-hydroxylation sites is 1. The molecule has 0 radical (unpaired) electrons. The second kappa shape index (κ2) is 8.50. The molecule has 0 aliphatic rings. The van der Waals surface area contributed by atoms with Crippen LogP contribution in [0.2, 0.25) is 0 Å². The third kappa shape index (κ3) is 4.62. The highest BCUT2D eigenvalue weighted by Gasteiger charge is 2.22. The van der Waals surface area contributed by atoms with Crippen LogP contribution in [0.3, 0.4) is 0 Å². The summed E-state index contributed by atoms with van der Waals surface area (Å²) >= 11 is 0. The van der Waals surface area contributed by atoms with E-state index < -0.39 is 5.97 Å². The third-order valence-electron chi connectivity index (χ3n) is 5.20. The fourth-order valence-electron chi connectivity index (χ4n) is 3.46. The van der Waals surface area contributed by atoms with E-state index in [1.165, 1.54) is 18.4 Å². The number of hydrogen-bond donors (Lipinski definition) is 1. The second-order valence-corrected chi connectivity index (χ2v) is 8.75. The largest absolute Gasteiger partial charge is 0.486 e. The number of hydrogen-bond acceptors (Lipinski definition) is 6. The van der Waals surface area contributed by atoms with Gasteiger partial charge in [0.2, 0.25) is 16.9 Å². The van der Waals surface area contributed by atoms with Crippen molar-refractivity contribution in [3.63, 3.8) is 0 Å². The average molecular weight is 448 g/mol. The van der Waals surface area contributed by atoms with Crippen LogP contribution in [0.25, 0.3) is 11.0 Å². The molecule has 0 saturated heterocycles. The van der Waals surface area contributed by atoms with E-state index >= 15 is 0 Å². The molecule has 0 bridgehead atoms. The smallest absolute Gasteiger partial charge is 0.371 e. The van der Waals surface area contributed by atoms with Gasteiger partial charge in [0.05, 0.1) is 5.39 Å². The molecule has 7 heteroatoms. The predicted octanol–water partition coefficient (Wildman–Crippen LogP) is 6.06. The summed E-state index contributed by atoms with van der Waals surface area (Å²) in [6.07, 6.45) is 1.30. The van der Waals surface area contributed by atoms with Gasteiger partial charge in [-0.1, -0.05) is 39.0 Å². The van der Waals surface area contributed by atoms with Crippen LogP contribution in [0, 0.1) is 6.92 Å². The van der Waals surface area contributed by atoms with Crippen LogP contribution in [0.15, 0.2) is 68.4 Å². The topological polar surface area (TPSA) is 99.1 Å². The van der Waals surface area contributed by atoms with E-state index in [1.54, 1.807) is 18.2 Å². The van der Waals surface area contributed by atoms with Gasteiger partial charge in [-0.05, 0) is 42.2 Å². The number of aromatic carboxylic acids is 1. The summed E-state index contributed by atoms with van der Waals surface area (Å²) in [6.45, 7) is 8.24. The lowest BCUT2D eigenvalue weighted by atomic mass is 9.85. The van der Waals surface area contributed by atoms with Crippen LogP contribution < -0.4 is 14.9 Å². The second-order valence-electron chi connectivity index (χ2n) is 8.75.